The van der Waals surface area contributed by atoms with Gasteiger partial charge >= 0.3 is 0 Å². The summed E-state index contributed by atoms with van der Waals surface area (Å²) in [6.45, 7) is 5.09. The van der Waals surface area contributed by atoms with Crippen molar-refractivity contribution < 1.29 is 5.11 Å². The van der Waals surface area contributed by atoms with Crippen LogP contribution in [0.25, 0.3) is 0 Å². The van der Waals surface area contributed by atoms with Gasteiger partial charge in [-0.25, -0.2) is 0 Å². The predicted octanol–water partition coefficient (Wildman–Crippen LogP) is 2.70. The average Bonchev–Trinajstić information content (AvgIpc) is 3.18. The third-order valence-electron chi connectivity index (χ3n) is 5.04. The van der Waals surface area contributed by atoms with Crippen LogP contribution in [0, 0.1) is 0 Å². The van der Waals surface area contributed by atoms with E-state index in [0.717, 1.165) is 6.54 Å². The van der Waals surface area contributed by atoms with Crippen LogP contribution in [0.15, 0.2) is 35.2 Å². The molecular weight excluding hydrogens is 292 g/mol. The largest absolute Gasteiger partial charge is 0.395 e. The van der Waals surface area contributed by atoms with Crippen molar-refractivity contribution in [2.75, 3.05) is 38.5 Å². The predicted molar refractivity (Wildman–Crippen MR) is 93.4 cm³/mol. The first-order valence-electron chi connectivity index (χ1n) is 8.63. The van der Waals surface area contributed by atoms with Crippen LogP contribution in [0.3, 0.4) is 0 Å². The molecule has 2 unspecified atom stereocenters. The molecule has 3 rings (SSSR count). The van der Waals surface area contributed by atoms with Crippen molar-refractivity contribution in [3.05, 3.63) is 30.3 Å². The molecule has 3 nitrogen and oxygen atoms in total. The lowest BCUT2D eigenvalue weighted by Gasteiger charge is -2.31. The fourth-order valence-electron chi connectivity index (χ4n) is 3.81. The molecule has 2 aliphatic rings. The molecule has 2 aliphatic heterocycles. The van der Waals surface area contributed by atoms with Crippen LogP contribution < -0.4 is 0 Å². The van der Waals surface area contributed by atoms with Crippen LogP contribution in [0.2, 0.25) is 0 Å². The van der Waals surface area contributed by atoms with Crippen LogP contribution in [-0.2, 0) is 0 Å². The van der Waals surface area contributed by atoms with Crippen LogP contribution in [0.5, 0.6) is 0 Å². The first-order chi connectivity index (χ1) is 10.9. The summed E-state index contributed by atoms with van der Waals surface area (Å²) in [6.07, 6.45) is 5.08. The van der Waals surface area contributed by atoms with E-state index in [-0.39, 0.29) is 0 Å². The van der Waals surface area contributed by atoms with Gasteiger partial charge in [-0.3, -0.25) is 9.80 Å². The van der Waals surface area contributed by atoms with E-state index in [9.17, 15) is 5.11 Å². The molecule has 2 fully saturated rings. The fourth-order valence-corrected chi connectivity index (χ4v) is 4.72. The Labute approximate surface area is 138 Å². The first kappa shape index (κ1) is 16.3. The van der Waals surface area contributed by atoms with Gasteiger partial charge in [0.1, 0.15) is 0 Å². The van der Waals surface area contributed by atoms with Crippen molar-refractivity contribution in [1.82, 2.24) is 9.80 Å². The van der Waals surface area contributed by atoms with Crippen LogP contribution in [0.1, 0.15) is 25.7 Å². The summed E-state index contributed by atoms with van der Waals surface area (Å²) in [7, 11) is 0. The summed E-state index contributed by atoms with van der Waals surface area (Å²) in [5.74, 6) is 1.17. The van der Waals surface area contributed by atoms with Gasteiger partial charge in [0.15, 0.2) is 0 Å². The summed E-state index contributed by atoms with van der Waals surface area (Å²) >= 11 is 1.96. The first-order valence-corrected chi connectivity index (χ1v) is 9.62. The molecule has 0 spiro atoms. The van der Waals surface area contributed by atoms with Gasteiger partial charge in [-0.15, -0.1) is 11.8 Å². The lowest BCUT2D eigenvalue weighted by Crippen LogP contribution is -2.44. The highest BCUT2D eigenvalue weighted by Gasteiger charge is 2.30. The lowest BCUT2D eigenvalue weighted by molar-refractivity contribution is 0.125. The number of hydrogen-bond donors (Lipinski definition) is 1. The van der Waals surface area contributed by atoms with E-state index in [0.29, 0.717) is 18.7 Å². The van der Waals surface area contributed by atoms with Gasteiger partial charge in [0.2, 0.25) is 0 Å². The molecule has 2 atom stereocenters. The molecule has 1 aromatic rings. The van der Waals surface area contributed by atoms with Crippen LogP contribution in [-0.4, -0.2) is 65.5 Å². The minimum atomic E-state index is 0.330. The summed E-state index contributed by atoms with van der Waals surface area (Å²) in [6, 6.07) is 11.8. The molecule has 4 heteroatoms. The van der Waals surface area contributed by atoms with Crippen molar-refractivity contribution in [2.24, 2.45) is 0 Å². The van der Waals surface area contributed by atoms with Crippen molar-refractivity contribution in [2.45, 2.75) is 42.7 Å². The molecule has 2 heterocycles. The van der Waals surface area contributed by atoms with Gasteiger partial charge < -0.3 is 5.11 Å². The van der Waals surface area contributed by atoms with E-state index < -0.39 is 0 Å². The van der Waals surface area contributed by atoms with E-state index in [1.807, 2.05) is 11.8 Å². The van der Waals surface area contributed by atoms with Crippen molar-refractivity contribution in [1.29, 1.82) is 0 Å². The highest BCUT2D eigenvalue weighted by atomic mass is 32.2. The SMILES string of the molecule is OCC1CCCN1CC1CCCN1CCSc1ccccc1. The molecular formula is C18H28N2OS. The maximum Gasteiger partial charge on any atom is 0.0586 e. The van der Waals surface area contributed by atoms with Gasteiger partial charge in [-0.2, -0.15) is 0 Å². The number of thioether (sulfide) groups is 1. The number of likely N-dealkylation sites (tertiary alicyclic amines) is 2. The van der Waals surface area contributed by atoms with E-state index in [4.69, 9.17) is 0 Å². The van der Waals surface area contributed by atoms with Gasteiger partial charge in [0.05, 0.1) is 6.61 Å². The number of rotatable bonds is 7. The highest BCUT2D eigenvalue weighted by molar-refractivity contribution is 7.99. The highest BCUT2D eigenvalue weighted by Crippen LogP contribution is 2.24. The molecule has 1 N–H and O–H groups in total. The number of hydrogen-bond acceptors (Lipinski definition) is 4. The summed E-state index contributed by atoms with van der Waals surface area (Å²) in [5, 5.41) is 9.49. The summed E-state index contributed by atoms with van der Waals surface area (Å²) in [4.78, 5) is 6.56. The Bertz CT molecular complexity index is 442. The molecule has 0 aromatic heterocycles. The molecule has 0 amide bonds. The fraction of sp³-hybridized carbons (Fsp3) is 0.667. The minimum Gasteiger partial charge on any atom is -0.395 e. The molecule has 0 saturated carbocycles. The number of benzene rings is 1. The van der Waals surface area contributed by atoms with Gasteiger partial charge in [-0.05, 0) is 50.9 Å². The zero-order valence-corrected chi connectivity index (χ0v) is 14.2. The quantitative estimate of drug-likeness (QED) is 0.782. The van der Waals surface area contributed by atoms with Crippen LogP contribution in [0.4, 0.5) is 0 Å². The standard InChI is InChI=1S/C18H28N2OS/c21-15-17-7-5-11-20(17)14-16-6-4-10-19(16)12-13-22-18-8-2-1-3-9-18/h1-3,8-9,16-17,21H,4-7,10-15H2. The molecule has 1 aromatic carbocycles. The maximum atomic E-state index is 9.49. The van der Waals surface area contributed by atoms with E-state index in [1.165, 1.54) is 56.0 Å². The number of aliphatic hydroxyl groups is 1. The normalized spacial score (nSPS) is 26.8. The molecule has 22 heavy (non-hydrogen) atoms. The average molecular weight is 321 g/mol. The second-order valence-electron chi connectivity index (χ2n) is 6.47. The topological polar surface area (TPSA) is 26.7 Å². The monoisotopic (exact) mass is 320 g/mol. The van der Waals surface area contributed by atoms with Gasteiger partial charge in [0, 0.05) is 35.8 Å². The van der Waals surface area contributed by atoms with Crippen LogP contribution >= 0.6 is 11.8 Å². The van der Waals surface area contributed by atoms with Crippen molar-refractivity contribution in [3.8, 4) is 0 Å². The Kier molecular flexibility index (Phi) is 6.19. The number of nitrogens with zero attached hydrogens (tertiary/aromatic N) is 2. The van der Waals surface area contributed by atoms with Crippen molar-refractivity contribution in [3.63, 3.8) is 0 Å². The molecule has 122 valence electrons. The second kappa shape index (κ2) is 8.34. The Morgan fingerprint density at radius 2 is 1.73 bits per heavy atom. The second-order valence-corrected chi connectivity index (χ2v) is 7.64. The summed E-state index contributed by atoms with van der Waals surface area (Å²) < 4.78 is 0. The third-order valence-corrected chi connectivity index (χ3v) is 6.04. The van der Waals surface area contributed by atoms with E-state index in [1.54, 1.807) is 0 Å². The minimum absolute atomic E-state index is 0.330. The summed E-state index contributed by atoms with van der Waals surface area (Å²) in [5.41, 5.74) is 0. The van der Waals surface area contributed by atoms with Gasteiger partial charge in [-0.1, -0.05) is 18.2 Å². The smallest absolute Gasteiger partial charge is 0.0586 e. The Morgan fingerprint density at radius 3 is 2.50 bits per heavy atom. The van der Waals surface area contributed by atoms with Crippen molar-refractivity contribution >= 4 is 11.8 Å². The van der Waals surface area contributed by atoms with E-state index in [2.05, 4.69) is 40.1 Å². The third kappa shape index (κ3) is 4.25. The molecule has 2 saturated heterocycles. The molecule has 0 radical (unpaired) electrons. The Balaban J connectivity index is 1.44. The molecule has 0 bridgehead atoms. The maximum absolute atomic E-state index is 9.49. The Hall–Kier alpha value is -0.550. The Morgan fingerprint density at radius 1 is 1.00 bits per heavy atom. The number of aliphatic hydroxyl groups excluding tert-OH is 1. The lowest BCUT2D eigenvalue weighted by atomic mass is 10.2. The van der Waals surface area contributed by atoms with E-state index >= 15 is 0 Å². The molecule has 0 aliphatic carbocycles. The zero-order chi connectivity index (χ0) is 15.2. The van der Waals surface area contributed by atoms with Gasteiger partial charge in [0.25, 0.3) is 0 Å². The zero-order valence-electron chi connectivity index (χ0n) is 13.4.